The van der Waals surface area contributed by atoms with Crippen LogP contribution in [0.3, 0.4) is 0 Å². The van der Waals surface area contributed by atoms with Gasteiger partial charge in [0.2, 0.25) is 0 Å². The number of ether oxygens (including phenoxy) is 3. The Labute approximate surface area is 162 Å². The molecule has 0 aromatic heterocycles. The first-order valence-electron chi connectivity index (χ1n) is 9.02. The fraction of sp³-hybridized carbons (Fsp3) is 0.450. The topological polar surface area (TPSA) is 111 Å². The smallest absolute Gasteiger partial charge is 0.408 e. The van der Waals surface area contributed by atoms with Crippen molar-refractivity contribution in [2.24, 2.45) is 17.8 Å². The van der Waals surface area contributed by atoms with Gasteiger partial charge in [0.05, 0.1) is 13.0 Å². The van der Waals surface area contributed by atoms with Crippen LogP contribution in [0.2, 0.25) is 0 Å². The quantitative estimate of drug-likeness (QED) is 0.517. The highest BCUT2D eigenvalue weighted by Crippen LogP contribution is 2.62. The highest BCUT2D eigenvalue weighted by atomic mass is 16.6. The molecule has 2 fully saturated rings. The predicted octanol–water partition coefficient (Wildman–Crippen LogP) is 2.13. The van der Waals surface area contributed by atoms with Gasteiger partial charge in [-0.05, 0) is 24.8 Å². The molecule has 1 aromatic carbocycles. The van der Waals surface area contributed by atoms with Gasteiger partial charge in [0.15, 0.2) is 0 Å². The van der Waals surface area contributed by atoms with E-state index in [0.29, 0.717) is 24.2 Å². The minimum Gasteiger partial charge on any atom is -0.496 e. The number of carboxylic acids is 1. The molecule has 150 valence electrons. The molecular weight excluding hydrogens is 366 g/mol. The van der Waals surface area contributed by atoms with E-state index < -0.39 is 35.4 Å². The number of carboxylic acid groups (broad SMARTS) is 1. The number of rotatable bonds is 8. The summed E-state index contributed by atoms with van der Waals surface area (Å²) in [6, 6.07) is 7.10. The van der Waals surface area contributed by atoms with Crippen molar-refractivity contribution in [1.29, 1.82) is 0 Å². The van der Waals surface area contributed by atoms with Gasteiger partial charge in [0.1, 0.15) is 24.5 Å². The average Bonchev–Trinajstić information content (AvgIpc) is 3.33. The Bertz CT molecular complexity index is 793. The van der Waals surface area contributed by atoms with Crippen LogP contribution >= 0.6 is 0 Å². The number of hydrogen-bond donors (Lipinski definition) is 2. The first-order chi connectivity index (χ1) is 13.4. The van der Waals surface area contributed by atoms with Gasteiger partial charge in [-0.1, -0.05) is 30.9 Å². The third-order valence-electron chi connectivity index (χ3n) is 5.47. The maximum absolute atomic E-state index is 13.0. The Hall–Kier alpha value is -3.03. The Kier molecular flexibility index (Phi) is 5.58. The second-order valence-corrected chi connectivity index (χ2v) is 6.96. The molecule has 8 heteroatoms. The Morgan fingerprint density at radius 1 is 1.32 bits per heavy atom. The summed E-state index contributed by atoms with van der Waals surface area (Å²) in [4.78, 5) is 36.6. The van der Waals surface area contributed by atoms with Crippen LogP contribution in [0.15, 0.2) is 36.9 Å². The number of amides is 1. The van der Waals surface area contributed by atoms with Gasteiger partial charge in [-0.15, -0.1) is 0 Å². The molecule has 1 amide bonds. The van der Waals surface area contributed by atoms with E-state index in [0.717, 1.165) is 0 Å². The maximum atomic E-state index is 13.0. The number of fused-ring (bicyclic) bond motifs is 1. The van der Waals surface area contributed by atoms with Crippen LogP contribution in [-0.2, 0) is 25.7 Å². The standard InChI is InChI=1S/C20H23NO7/c1-3-10-27-19(25)21-20(9-8-13-15(16(13)20)17(22)23)18(24)28-11-12-6-4-5-7-14(12)26-2/h3-7,13,15-16H,1,8-11H2,2H3,(H,21,25)(H,22,23). The van der Waals surface area contributed by atoms with Crippen molar-refractivity contribution in [3.8, 4) is 5.75 Å². The Balaban J connectivity index is 1.77. The van der Waals surface area contributed by atoms with Crippen LogP contribution in [0.4, 0.5) is 4.79 Å². The van der Waals surface area contributed by atoms with Crippen LogP contribution in [0.1, 0.15) is 18.4 Å². The summed E-state index contributed by atoms with van der Waals surface area (Å²) < 4.78 is 15.7. The SMILES string of the molecule is C=CCOC(=O)NC1(C(=O)OCc2ccccc2OC)CCC2C(C(=O)O)C21. The third-order valence-corrected chi connectivity index (χ3v) is 5.47. The molecule has 1 aromatic rings. The molecule has 8 nitrogen and oxygen atoms in total. The monoisotopic (exact) mass is 389 g/mol. The minimum absolute atomic E-state index is 0.0192. The van der Waals surface area contributed by atoms with Gasteiger partial charge in [-0.3, -0.25) is 4.79 Å². The fourth-order valence-electron chi connectivity index (χ4n) is 4.18. The van der Waals surface area contributed by atoms with Crippen LogP contribution in [-0.4, -0.2) is 42.4 Å². The molecule has 4 unspecified atom stereocenters. The molecule has 28 heavy (non-hydrogen) atoms. The summed E-state index contributed by atoms with van der Waals surface area (Å²) in [7, 11) is 1.52. The summed E-state index contributed by atoms with van der Waals surface area (Å²) in [6.45, 7) is 3.40. The van der Waals surface area contributed by atoms with Gasteiger partial charge in [0, 0.05) is 11.5 Å². The summed E-state index contributed by atoms with van der Waals surface area (Å²) in [5.74, 6) is -2.40. The van der Waals surface area contributed by atoms with Gasteiger partial charge in [-0.2, -0.15) is 0 Å². The lowest BCUT2D eigenvalue weighted by Crippen LogP contribution is -2.56. The number of benzene rings is 1. The highest BCUT2D eigenvalue weighted by molar-refractivity contribution is 5.90. The molecule has 2 aliphatic carbocycles. The number of aliphatic carboxylic acids is 1. The van der Waals surface area contributed by atoms with E-state index >= 15 is 0 Å². The highest BCUT2D eigenvalue weighted by Gasteiger charge is 2.72. The molecule has 2 N–H and O–H groups in total. The number of carbonyl (C=O) groups is 3. The van der Waals surface area contributed by atoms with E-state index in [1.807, 2.05) is 0 Å². The number of para-hydroxylation sites is 1. The van der Waals surface area contributed by atoms with E-state index in [1.54, 1.807) is 24.3 Å². The van der Waals surface area contributed by atoms with Crippen LogP contribution in [0.5, 0.6) is 5.75 Å². The lowest BCUT2D eigenvalue weighted by Gasteiger charge is -2.30. The second-order valence-electron chi connectivity index (χ2n) is 6.96. The molecule has 4 atom stereocenters. The van der Waals surface area contributed by atoms with E-state index in [9.17, 15) is 19.5 Å². The number of methoxy groups -OCH3 is 1. The van der Waals surface area contributed by atoms with E-state index in [-0.39, 0.29) is 19.1 Å². The Morgan fingerprint density at radius 3 is 2.71 bits per heavy atom. The third kappa shape index (κ3) is 3.54. The summed E-state index contributed by atoms with van der Waals surface area (Å²) in [5.41, 5.74) is -0.739. The number of nitrogens with one attached hydrogen (secondary N) is 1. The number of carbonyl (C=O) groups excluding carboxylic acids is 2. The van der Waals surface area contributed by atoms with Gasteiger partial charge < -0.3 is 24.6 Å². The molecular formula is C20H23NO7. The van der Waals surface area contributed by atoms with Crippen LogP contribution in [0, 0.1) is 17.8 Å². The summed E-state index contributed by atoms with van der Waals surface area (Å²) in [6.07, 6.45) is 1.43. The van der Waals surface area contributed by atoms with Gasteiger partial charge in [-0.25, -0.2) is 9.59 Å². The normalized spacial score (nSPS) is 27.2. The van der Waals surface area contributed by atoms with Crippen molar-refractivity contribution in [3.05, 3.63) is 42.5 Å². The van der Waals surface area contributed by atoms with Crippen molar-refractivity contribution in [3.63, 3.8) is 0 Å². The largest absolute Gasteiger partial charge is 0.496 e. The number of hydrogen-bond acceptors (Lipinski definition) is 6. The molecule has 0 spiro atoms. The zero-order chi connectivity index (χ0) is 20.3. The molecule has 0 aliphatic heterocycles. The lowest BCUT2D eigenvalue weighted by molar-refractivity contribution is -0.154. The molecule has 0 radical (unpaired) electrons. The van der Waals surface area contributed by atoms with Crippen LogP contribution in [0.25, 0.3) is 0 Å². The maximum Gasteiger partial charge on any atom is 0.408 e. The van der Waals surface area contributed by atoms with Crippen molar-refractivity contribution in [1.82, 2.24) is 5.32 Å². The van der Waals surface area contributed by atoms with Crippen molar-refractivity contribution in [2.75, 3.05) is 13.7 Å². The first kappa shape index (κ1) is 19.7. The Morgan fingerprint density at radius 2 is 2.07 bits per heavy atom. The predicted molar refractivity (Wildman–Crippen MR) is 97.5 cm³/mol. The first-order valence-corrected chi connectivity index (χ1v) is 9.02. The summed E-state index contributed by atoms with van der Waals surface area (Å²) in [5, 5.41) is 12.0. The van der Waals surface area contributed by atoms with E-state index in [1.165, 1.54) is 13.2 Å². The zero-order valence-electron chi connectivity index (χ0n) is 15.6. The van der Waals surface area contributed by atoms with E-state index in [2.05, 4.69) is 11.9 Å². The van der Waals surface area contributed by atoms with Crippen molar-refractivity contribution in [2.45, 2.75) is 25.0 Å². The average molecular weight is 389 g/mol. The zero-order valence-corrected chi connectivity index (χ0v) is 15.6. The lowest BCUT2D eigenvalue weighted by atomic mass is 9.90. The van der Waals surface area contributed by atoms with Crippen LogP contribution < -0.4 is 10.1 Å². The number of esters is 1. The molecule has 2 saturated carbocycles. The van der Waals surface area contributed by atoms with Crippen molar-refractivity contribution < 1.29 is 33.7 Å². The molecule has 0 bridgehead atoms. The molecule has 0 heterocycles. The van der Waals surface area contributed by atoms with E-state index in [4.69, 9.17) is 14.2 Å². The van der Waals surface area contributed by atoms with Gasteiger partial charge in [0.25, 0.3) is 0 Å². The summed E-state index contributed by atoms with van der Waals surface area (Å²) >= 11 is 0. The second kappa shape index (κ2) is 7.92. The molecule has 3 rings (SSSR count). The number of alkyl carbamates (subject to hydrolysis) is 1. The minimum atomic E-state index is -1.41. The fourth-order valence-corrected chi connectivity index (χ4v) is 4.18. The van der Waals surface area contributed by atoms with Crippen molar-refractivity contribution >= 4 is 18.0 Å². The van der Waals surface area contributed by atoms with Gasteiger partial charge >= 0.3 is 18.0 Å². The molecule has 0 saturated heterocycles. The molecule has 2 aliphatic rings.